The van der Waals surface area contributed by atoms with E-state index in [1.54, 1.807) is 42.5 Å². The van der Waals surface area contributed by atoms with E-state index in [1.807, 2.05) is 12.1 Å². The second-order valence-electron chi connectivity index (χ2n) is 7.59. The van der Waals surface area contributed by atoms with Crippen molar-refractivity contribution in [3.8, 4) is 0 Å². The minimum Gasteiger partial charge on any atom is -0.462 e. The molecular weight excluding hydrogens is 398 g/mol. The molecule has 0 bridgehead atoms. The molecule has 1 amide bonds. The number of likely N-dealkylation sites (tertiary alicyclic amines) is 1. The SMILES string of the molecule is CCOC(=O)c1ccc(NC(=O)C[NH+]2CCC[C@@H](c3nc4ccccc4s3)C2)cc1. The van der Waals surface area contributed by atoms with Crippen LogP contribution in [0.4, 0.5) is 5.69 Å². The fourth-order valence-electron chi connectivity index (χ4n) is 3.92. The van der Waals surface area contributed by atoms with Crippen molar-refractivity contribution in [3.63, 3.8) is 0 Å². The van der Waals surface area contributed by atoms with E-state index in [4.69, 9.17) is 9.72 Å². The lowest BCUT2D eigenvalue weighted by Gasteiger charge is -2.28. The van der Waals surface area contributed by atoms with Crippen molar-refractivity contribution < 1.29 is 19.2 Å². The average molecular weight is 425 g/mol. The number of carbonyl (C=O) groups excluding carboxylic acids is 2. The number of anilines is 1. The molecule has 2 heterocycles. The standard InChI is InChI=1S/C23H25N3O3S/c1-2-29-23(28)16-9-11-18(12-10-16)24-21(27)15-26-13-5-6-17(14-26)22-25-19-7-3-4-8-20(19)30-22/h3-4,7-12,17H,2,5-6,13-15H2,1H3,(H,24,27)/p+1/t17-/m1/s1. The van der Waals surface area contributed by atoms with Crippen molar-refractivity contribution in [1.29, 1.82) is 0 Å². The molecule has 30 heavy (non-hydrogen) atoms. The first-order valence-electron chi connectivity index (χ1n) is 10.4. The van der Waals surface area contributed by atoms with E-state index in [0.29, 0.717) is 30.3 Å². The Hall–Kier alpha value is -2.77. The third kappa shape index (κ3) is 4.86. The van der Waals surface area contributed by atoms with Crippen LogP contribution in [0.1, 0.15) is 41.0 Å². The lowest BCUT2D eigenvalue weighted by molar-refractivity contribution is -0.898. The molecule has 6 nitrogen and oxygen atoms in total. The lowest BCUT2D eigenvalue weighted by Crippen LogP contribution is -3.14. The minimum absolute atomic E-state index is 0.0150. The summed E-state index contributed by atoms with van der Waals surface area (Å²) in [5, 5.41) is 4.12. The van der Waals surface area contributed by atoms with Crippen molar-refractivity contribution >= 4 is 39.1 Å². The molecule has 3 aromatic rings. The first-order valence-corrected chi connectivity index (χ1v) is 11.2. The summed E-state index contributed by atoms with van der Waals surface area (Å²) in [4.78, 5) is 30.4. The largest absolute Gasteiger partial charge is 0.462 e. The van der Waals surface area contributed by atoms with Crippen LogP contribution < -0.4 is 10.2 Å². The molecule has 1 saturated heterocycles. The number of rotatable bonds is 6. The number of nitrogens with one attached hydrogen (secondary N) is 2. The third-order valence-electron chi connectivity index (χ3n) is 5.37. The molecule has 0 aliphatic carbocycles. The summed E-state index contributed by atoms with van der Waals surface area (Å²) in [6, 6.07) is 15.1. The first kappa shape index (κ1) is 20.5. The van der Waals surface area contributed by atoms with Crippen molar-refractivity contribution in [2.75, 3.05) is 31.6 Å². The molecular formula is C23H26N3O3S+. The van der Waals surface area contributed by atoms with Crippen LogP contribution in [0.25, 0.3) is 10.2 Å². The number of aromatic nitrogens is 1. The second-order valence-corrected chi connectivity index (χ2v) is 8.65. The first-order chi connectivity index (χ1) is 14.6. The van der Waals surface area contributed by atoms with Crippen LogP contribution in [0, 0.1) is 0 Å². The summed E-state index contributed by atoms with van der Waals surface area (Å²) >= 11 is 1.77. The zero-order chi connectivity index (χ0) is 20.9. The highest BCUT2D eigenvalue weighted by atomic mass is 32.1. The Bertz CT molecular complexity index is 999. The molecule has 1 aliphatic heterocycles. The van der Waals surface area contributed by atoms with E-state index in [2.05, 4.69) is 17.4 Å². The van der Waals surface area contributed by atoms with Crippen LogP contribution in [0.5, 0.6) is 0 Å². The van der Waals surface area contributed by atoms with Crippen molar-refractivity contribution in [1.82, 2.24) is 4.98 Å². The van der Waals surface area contributed by atoms with Gasteiger partial charge in [0, 0.05) is 5.69 Å². The number of nitrogens with zero attached hydrogens (tertiary/aromatic N) is 1. The van der Waals surface area contributed by atoms with Crippen LogP contribution in [0.2, 0.25) is 0 Å². The van der Waals surface area contributed by atoms with Crippen LogP contribution >= 0.6 is 11.3 Å². The van der Waals surface area contributed by atoms with Crippen LogP contribution in [-0.2, 0) is 9.53 Å². The van der Waals surface area contributed by atoms with Crippen LogP contribution in [0.15, 0.2) is 48.5 Å². The number of para-hydroxylation sites is 1. The van der Waals surface area contributed by atoms with Gasteiger partial charge in [0.2, 0.25) is 0 Å². The number of benzene rings is 2. The summed E-state index contributed by atoms with van der Waals surface area (Å²) in [5.74, 6) is 0.0377. The zero-order valence-corrected chi connectivity index (χ0v) is 17.8. The van der Waals surface area contributed by atoms with Crippen molar-refractivity contribution in [2.24, 2.45) is 0 Å². The Morgan fingerprint density at radius 1 is 1.20 bits per heavy atom. The molecule has 0 radical (unpaired) electrons. The predicted molar refractivity (Wildman–Crippen MR) is 118 cm³/mol. The molecule has 2 aromatic carbocycles. The van der Waals surface area contributed by atoms with E-state index >= 15 is 0 Å². The van der Waals surface area contributed by atoms with Gasteiger partial charge in [-0.15, -0.1) is 11.3 Å². The van der Waals surface area contributed by atoms with Gasteiger partial charge in [-0.2, -0.15) is 0 Å². The summed E-state index contributed by atoms with van der Waals surface area (Å²) < 4.78 is 6.21. The molecule has 1 fully saturated rings. The molecule has 1 unspecified atom stereocenters. The van der Waals surface area contributed by atoms with Gasteiger partial charge in [-0.3, -0.25) is 4.79 Å². The van der Waals surface area contributed by atoms with Gasteiger partial charge in [0.1, 0.15) is 5.01 Å². The Morgan fingerprint density at radius 3 is 2.77 bits per heavy atom. The van der Waals surface area contributed by atoms with Crippen LogP contribution in [-0.4, -0.2) is 43.1 Å². The molecule has 4 rings (SSSR count). The Balaban J connectivity index is 1.33. The van der Waals surface area contributed by atoms with Gasteiger partial charge in [-0.1, -0.05) is 12.1 Å². The summed E-state index contributed by atoms with van der Waals surface area (Å²) in [6.07, 6.45) is 2.22. The Kier molecular flexibility index (Phi) is 6.40. The molecule has 7 heteroatoms. The number of hydrogen-bond acceptors (Lipinski definition) is 5. The number of esters is 1. The molecule has 1 aliphatic rings. The van der Waals surface area contributed by atoms with Gasteiger partial charge in [0.25, 0.3) is 5.91 Å². The predicted octanol–water partition coefficient (Wildman–Crippen LogP) is 2.87. The van der Waals surface area contributed by atoms with Gasteiger partial charge >= 0.3 is 5.97 Å². The second kappa shape index (κ2) is 9.36. The third-order valence-corrected chi connectivity index (χ3v) is 6.57. The minimum atomic E-state index is -0.353. The van der Waals surface area contributed by atoms with E-state index in [0.717, 1.165) is 31.4 Å². The molecule has 2 N–H and O–H groups in total. The van der Waals surface area contributed by atoms with E-state index in [1.165, 1.54) is 14.6 Å². The lowest BCUT2D eigenvalue weighted by atomic mass is 9.99. The summed E-state index contributed by atoms with van der Waals surface area (Å²) in [7, 11) is 0. The fraction of sp³-hybridized carbons (Fsp3) is 0.348. The Labute approximate surface area is 179 Å². The van der Waals surface area contributed by atoms with E-state index in [-0.39, 0.29) is 11.9 Å². The van der Waals surface area contributed by atoms with Gasteiger partial charge in [-0.25, -0.2) is 9.78 Å². The normalized spacial score (nSPS) is 18.8. The smallest absolute Gasteiger partial charge is 0.338 e. The van der Waals surface area contributed by atoms with E-state index < -0.39 is 0 Å². The van der Waals surface area contributed by atoms with Crippen molar-refractivity contribution in [3.05, 3.63) is 59.1 Å². The van der Waals surface area contributed by atoms with Crippen LogP contribution in [0.3, 0.4) is 0 Å². The maximum Gasteiger partial charge on any atom is 0.338 e. The van der Waals surface area contributed by atoms with Gasteiger partial charge in [0.05, 0.1) is 41.4 Å². The summed E-state index contributed by atoms with van der Waals surface area (Å²) in [5.41, 5.74) is 2.23. The highest BCUT2D eigenvalue weighted by molar-refractivity contribution is 7.18. The summed E-state index contributed by atoms with van der Waals surface area (Å²) in [6.45, 7) is 4.47. The van der Waals surface area contributed by atoms with Gasteiger partial charge < -0.3 is 15.0 Å². The topological polar surface area (TPSA) is 72.7 Å². The molecule has 2 atom stereocenters. The number of amides is 1. The monoisotopic (exact) mass is 424 g/mol. The molecule has 0 saturated carbocycles. The maximum atomic E-state index is 12.5. The highest BCUT2D eigenvalue weighted by Crippen LogP contribution is 2.30. The van der Waals surface area contributed by atoms with Gasteiger partial charge in [-0.05, 0) is 56.2 Å². The van der Waals surface area contributed by atoms with Gasteiger partial charge in [0.15, 0.2) is 6.54 Å². The average Bonchev–Trinajstić information content (AvgIpc) is 3.19. The quantitative estimate of drug-likeness (QED) is 0.597. The highest BCUT2D eigenvalue weighted by Gasteiger charge is 2.28. The molecule has 1 aromatic heterocycles. The number of thiazole rings is 1. The Morgan fingerprint density at radius 2 is 2.00 bits per heavy atom. The zero-order valence-electron chi connectivity index (χ0n) is 17.0. The maximum absolute atomic E-state index is 12.5. The number of piperidine rings is 1. The number of carbonyl (C=O) groups is 2. The molecule has 156 valence electrons. The number of ether oxygens (including phenoxy) is 1. The van der Waals surface area contributed by atoms with E-state index in [9.17, 15) is 9.59 Å². The van der Waals surface area contributed by atoms with Crippen molar-refractivity contribution in [2.45, 2.75) is 25.7 Å². The number of fused-ring (bicyclic) bond motifs is 1. The fourth-order valence-corrected chi connectivity index (χ4v) is 5.03. The number of hydrogen-bond donors (Lipinski definition) is 2. The number of quaternary nitrogens is 1. The molecule has 0 spiro atoms.